The molecule has 2 aromatic heterocycles. The number of nitrogens with one attached hydrogen (secondary N) is 4. The highest BCUT2D eigenvalue weighted by molar-refractivity contribution is 7.10. The van der Waals surface area contributed by atoms with Crippen LogP contribution in [0.1, 0.15) is 16.5 Å². The van der Waals surface area contributed by atoms with E-state index in [2.05, 4.69) is 26.7 Å². The number of anilines is 1. The van der Waals surface area contributed by atoms with E-state index in [0.29, 0.717) is 16.7 Å². The number of amides is 1. The summed E-state index contributed by atoms with van der Waals surface area (Å²) in [4.78, 5) is 30.3. The lowest BCUT2D eigenvalue weighted by atomic mass is 10.1. The summed E-state index contributed by atoms with van der Waals surface area (Å²) in [5.41, 5.74) is 2.84. The number of hydrogen-bond acceptors (Lipinski definition) is 4. The Bertz CT molecular complexity index is 1100. The largest absolute Gasteiger partial charge is 0.325 e. The number of rotatable bonds is 6. The van der Waals surface area contributed by atoms with Gasteiger partial charge in [-0.25, -0.2) is 4.79 Å². The third-order valence-electron chi connectivity index (χ3n) is 4.23. The van der Waals surface area contributed by atoms with E-state index in [1.54, 1.807) is 29.5 Å². The predicted octanol–water partition coefficient (Wildman–Crippen LogP) is 3.24. The molecule has 0 radical (unpaired) electrons. The van der Waals surface area contributed by atoms with Crippen molar-refractivity contribution in [3.05, 3.63) is 87.0 Å². The van der Waals surface area contributed by atoms with E-state index in [1.807, 2.05) is 41.8 Å². The summed E-state index contributed by atoms with van der Waals surface area (Å²) >= 11 is 1.65. The van der Waals surface area contributed by atoms with Crippen LogP contribution >= 0.6 is 11.3 Å². The van der Waals surface area contributed by atoms with Gasteiger partial charge in [0.1, 0.15) is 0 Å². The summed E-state index contributed by atoms with van der Waals surface area (Å²) in [6.07, 6.45) is 0. The lowest BCUT2D eigenvalue weighted by Gasteiger charge is -2.18. The third kappa shape index (κ3) is 3.99. The van der Waals surface area contributed by atoms with E-state index < -0.39 is 0 Å². The van der Waals surface area contributed by atoms with E-state index >= 15 is 0 Å². The molecule has 4 aromatic rings. The summed E-state index contributed by atoms with van der Waals surface area (Å²) < 4.78 is 0. The zero-order chi connectivity index (χ0) is 18.6. The smallest absolute Gasteiger partial charge is 0.323 e. The highest BCUT2D eigenvalue weighted by Gasteiger charge is 2.16. The molecule has 0 fully saturated rings. The molecule has 4 rings (SSSR count). The van der Waals surface area contributed by atoms with Crippen LogP contribution in [-0.4, -0.2) is 22.4 Å². The number of carbonyl (C=O) groups is 1. The Balaban J connectivity index is 1.45. The van der Waals surface area contributed by atoms with Crippen LogP contribution in [0.5, 0.6) is 0 Å². The number of aromatic amines is 2. The van der Waals surface area contributed by atoms with Crippen LogP contribution in [0.3, 0.4) is 0 Å². The van der Waals surface area contributed by atoms with E-state index in [1.165, 1.54) is 0 Å². The Morgan fingerprint density at radius 1 is 1.00 bits per heavy atom. The molecular weight excluding hydrogens is 360 g/mol. The molecule has 27 heavy (non-hydrogen) atoms. The van der Waals surface area contributed by atoms with Crippen molar-refractivity contribution in [3.8, 4) is 0 Å². The van der Waals surface area contributed by atoms with Crippen molar-refractivity contribution in [2.45, 2.75) is 6.04 Å². The molecule has 0 saturated carbocycles. The molecule has 0 aliphatic carbocycles. The molecule has 6 nitrogen and oxygen atoms in total. The first kappa shape index (κ1) is 17.3. The first-order valence-electron chi connectivity index (χ1n) is 8.53. The van der Waals surface area contributed by atoms with Gasteiger partial charge in [0.2, 0.25) is 5.91 Å². The normalized spacial score (nSPS) is 12.1. The summed E-state index contributed by atoms with van der Waals surface area (Å²) in [6.45, 7) is 0.166. The molecule has 0 saturated heterocycles. The maximum absolute atomic E-state index is 12.4. The van der Waals surface area contributed by atoms with Gasteiger partial charge in [-0.3, -0.25) is 10.1 Å². The maximum atomic E-state index is 12.4. The molecule has 0 unspecified atom stereocenters. The van der Waals surface area contributed by atoms with Crippen LogP contribution in [0, 0.1) is 0 Å². The van der Waals surface area contributed by atoms with Crippen LogP contribution < -0.4 is 16.3 Å². The van der Waals surface area contributed by atoms with Gasteiger partial charge >= 0.3 is 5.69 Å². The van der Waals surface area contributed by atoms with Crippen molar-refractivity contribution in [1.29, 1.82) is 0 Å². The Labute approximate surface area is 159 Å². The second-order valence-corrected chi connectivity index (χ2v) is 7.11. The summed E-state index contributed by atoms with van der Waals surface area (Å²) in [5, 5.41) is 8.22. The fraction of sp³-hybridized carbons (Fsp3) is 0.100. The second kappa shape index (κ2) is 7.61. The van der Waals surface area contributed by atoms with Gasteiger partial charge in [-0.1, -0.05) is 36.4 Å². The zero-order valence-electron chi connectivity index (χ0n) is 14.4. The molecule has 2 aromatic carbocycles. The fourth-order valence-corrected chi connectivity index (χ4v) is 3.82. The second-order valence-electron chi connectivity index (χ2n) is 6.13. The number of thiophene rings is 1. The standard InChI is InChI=1S/C20H18N4O2S/c25-18(22-14-8-9-15-16(11-14)24-20(26)23-15)12-21-19(17-7-4-10-27-17)13-5-2-1-3-6-13/h1-11,19,21H,12H2,(H,22,25)(H2,23,24,26)/t19-/m1/s1. The minimum atomic E-state index is -0.267. The number of fused-ring (bicyclic) bond motifs is 1. The van der Waals surface area contributed by atoms with Gasteiger partial charge < -0.3 is 15.3 Å². The Morgan fingerprint density at radius 3 is 2.59 bits per heavy atom. The van der Waals surface area contributed by atoms with Crippen molar-refractivity contribution in [2.24, 2.45) is 0 Å². The molecule has 136 valence electrons. The van der Waals surface area contributed by atoms with Gasteiger partial charge in [-0.15, -0.1) is 11.3 Å². The van der Waals surface area contributed by atoms with Gasteiger partial charge in [0.15, 0.2) is 0 Å². The SMILES string of the molecule is O=C(CN[C@H](c1ccccc1)c1cccs1)Nc1ccc2[nH]c(=O)[nH]c2c1. The van der Waals surface area contributed by atoms with Gasteiger partial charge in [0, 0.05) is 10.6 Å². The van der Waals surface area contributed by atoms with E-state index in [0.717, 1.165) is 10.4 Å². The van der Waals surface area contributed by atoms with Crippen LogP contribution in [0.4, 0.5) is 5.69 Å². The van der Waals surface area contributed by atoms with Crippen molar-refractivity contribution < 1.29 is 4.79 Å². The zero-order valence-corrected chi connectivity index (χ0v) is 15.2. The van der Waals surface area contributed by atoms with E-state index in [4.69, 9.17) is 0 Å². The first-order chi connectivity index (χ1) is 13.2. The topological polar surface area (TPSA) is 89.8 Å². The quantitative estimate of drug-likeness (QED) is 0.415. The lowest BCUT2D eigenvalue weighted by Crippen LogP contribution is -2.31. The minimum Gasteiger partial charge on any atom is -0.325 e. The summed E-state index contributed by atoms with van der Waals surface area (Å²) in [5.74, 6) is -0.148. The molecule has 1 atom stereocenters. The first-order valence-corrected chi connectivity index (χ1v) is 9.40. The number of benzene rings is 2. The predicted molar refractivity (Wildman–Crippen MR) is 108 cm³/mol. The lowest BCUT2D eigenvalue weighted by molar-refractivity contribution is -0.115. The van der Waals surface area contributed by atoms with Crippen LogP contribution in [0.2, 0.25) is 0 Å². The molecule has 7 heteroatoms. The number of carbonyl (C=O) groups excluding carboxylic acids is 1. The molecule has 0 aliphatic rings. The van der Waals surface area contributed by atoms with Crippen molar-refractivity contribution >= 4 is 34.0 Å². The molecule has 4 N–H and O–H groups in total. The number of hydrogen-bond donors (Lipinski definition) is 4. The van der Waals surface area contributed by atoms with Crippen LogP contribution in [-0.2, 0) is 4.79 Å². The van der Waals surface area contributed by atoms with E-state index in [-0.39, 0.29) is 24.2 Å². The number of imidazole rings is 1. The molecular formula is C20H18N4O2S. The molecule has 0 bridgehead atoms. The van der Waals surface area contributed by atoms with Crippen molar-refractivity contribution in [1.82, 2.24) is 15.3 Å². The van der Waals surface area contributed by atoms with Gasteiger partial charge in [0.05, 0.1) is 23.6 Å². The Hall–Kier alpha value is -3.16. The average molecular weight is 378 g/mol. The van der Waals surface area contributed by atoms with Gasteiger partial charge in [-0.2, -0.15) is 0 Å². The van der Waals surface area contributed by atoms with Crippen molar-refractivity contribution in [3.63, 3.8) is 0 Å². The number of aromatic nitrogens is 2. The number of H-pyrrole nitrogens is 2. The third-order valence-corrected chi connectivity index (χ3v) is 5.16. The fourth-order valence-electron chi connectivity index (χ4n) is 2.99. The summed E-state index contributed by atoms with van der Waals surface area (Å²) in [6, 6.07) is 19.3. The average Bonchev–Trinajstić information content (AvgIpc) is 3.31. The molecule has 2 heterocycles. The van der Waals surface area contributed by atoms with Gasteiger partial charge in [0.25, 0.3) is 0 Å². The van der Waals surface area contributed by atoms with Crippen LogP contribution in [0.25, 0.3) is 11.0 Å². The Kier molecular flexibility index (Phi) is 4.86. The van der Waals surface area contributed by atoms with Crippen LogP contribution in [0.15, 0.2) is 70.8 Å². The molecule has 0 aliphatic heterocycles. The summed E-state index contributed by atoms with van der Waals surface area (Å²) in [7, 11) is 0. The van der Waals surface area contributed by atoms with Gasteiger partial charge in [-0.05, 0) is 35.2 Å². The van der Waals surface area contributed by atoms with E-state index in [9.17, 15) is 9.59 Å². The minimum absolute atomic E-state index is 0.0412. The molecule has 1 amide bonds. The monoisotopic (exact) mass is 378 g/mol. The van der Waals surface area contributed by atoms with Crippen molar-refractivity contribution in [2.75, 3.05) is 11.9 Å². The molecule has 0 spiro atoms. The Morgan fingerprint density at radius 2 is 1.81 bits per heavy atom. The maximum Gasteiger partial charge on any atom is 0.323 e. The highest BCUT2D eigenvalue weighted by atomic mass is 32.1. The highest BCUT2D eigenvalue weighted by Crippen LogP contribution is 2.25.